The van der Waals surface area contributed by atoms with Crippen LogP contribution in [-0.4, -0.2) is 18.7 Å². The van der Waals surface area contributed by atoms with Gasteiger partial charge in [-0.25, -0.2) is 87.8 Å². The number of hydrogen-bond acceptors (Lipinski definition) is 0. The van der Waals surface area contributed by atoms with Crippen molar-refractivity contribution in [2.75, 3.05) is 12.5 Å². The van der Waals surface area contributed by atoms with E-state index in [9.17, 15) is 52.7 Å². The van der Waals surface area contributed by atoms with Crippen molar-refractivity contribution in [1.82, 2.24) is 0 Å². The molecule has 5 rings (SSSR count). The standard InChI is InChI=1S/C24BF20.C9H12ClS/c26-5-1(6(27)14(35)21(42)13(5)34)25(2-7(28)15(36)22(43)16(37)8(2)29,3-9(30)17(38)23(44)18(39)10(3)31)4-11(32)19(40)24(45)20(41)12(4)33;1-11(2)7-8-5-3-4-6-9(8)10/h;3-6H,7H2,1-2H3/q-1;+1. The van der Waals surface area contributed by atoms with Crippen LogP contribution < -0.4 is 21.9 Å². The molecule has 0 fully saturated rings. The van der Waals surface area contributed by atoms with Crippen molar-refractivity contribution < 1.29 is 87.8 Å². The molecule has 0 bridgehead atoms. The molecule has 0 amide bonds. The van der Waals surface area contributed by atoms with Crippen LogP contribution in [0.5, 0.6) is 0 Å². The van der Waals surface area contributed by atoms with Gasteiger partial charge < -0.3 is 0 Å². The van der Waals surface area contributed by atoms with Gasteiger partial charge in [-0.05, 0) is 17.0 Å². The van der Waals surface area contributed by atoms with Gasteiger partial charge in [-0.1, -0.05) is 29.8 Å². The molecule has 0 aliphatic heterocycles. The second kappa shape index (κ2) is 16.1. The molecule has 0 atom stereocenters. The van der Waals surface area contributed by atoms with Crippen LogP contribution in [-0.2, 0) is 16.6 Å². The maximum absolute atomic E-state index is 15.4. The molecule has 0 N–H and O–H groups in total. The molecular weight excluding hydrogens is 855 g/mol. The molecule has 0 aromatic heterocycles. The zero-order valence-electron chi connectivity index (χ0n) is 26.9. The summed E-state index contributed by atoms with van der Waals surface area (Å²) in [5.74, 6) is -70.3. The lowest BCUT2D eigenvalue weighted by Gasteiger charge is -2.44. The maximum Gasteiger partial charge on any atom is 0.200 e. The Labute approximate surface area is 307 Å². The Kier molecular flexibility index (Phi) is 12.7. The Hall–Kier alpha value is -4.60. The average molecular weight is 867 g/mol. The zero-order valence-corrected chi connectivity index (χ0v) is 28.5. The number of halogens is 21. The minimum Gasteiger partial charge on any atom is -0.207 e. The highest BCUT2D eigenvalue weighted by Crippen LogP contribution is 2.30. The minimum atomic E-state index is -7.22. The van der Waals surface area contributed by atoms with Crippen LogP contribution in [0.2, 0.25) is 5.02 Å². The Morgan fingerprint density at radius 2 is 0.554 bits per heavy atom. The van der Waals surface area contributed by atoms with E-state index < -0.39 is 144 Å². The summed E-state index contributed by atoms with van der Waals surface area (Å²) in [6.45, 7) is 0. The summed E-state index contributed by atoms with van der Waals surface area (Å²) in [6, 6.07) is 8.04. The minimum absolute atomic E-state index is 0.439. The number of rotatable bonds is 6. The summed E-state index contributed by atoms with van der Waals surface area (Å²) in [4.78, 5) is 0. The number of hydrogen-bond donors (Lipinski definition) is 0. The normalized spacial score (nSPS) is 11.7. The molecule has 0 nitrogen and oxygen atoms in total. The van der Waals surface area contributed by atoms with Gasteiger partial charge in [0, 0.05) is 10.6 Å². The van der Waals surface area contributed by atoms with E-state index in [1.54, 1.807) is 0 Å². The van der Waals surface area contributed by atoms with Gasteiger partial charge in [0.05, 0.1) is 12.5 Å². The van der Waals surface area contributed by atoms with E-state index in [1.807, 2.05) is 18.2 Å². The first-order valence-corrected chi connectivity index (χ1v) is 17.0. The third kappa shape index (κ3) is 6.81. The first kappa shape index (κ1) is 44.1. The largest absolute Gasteiger partial charge is 0.207 e. The molecule has 0 saturated heterocycles. The predicted octanol–water partition coefficient (Wildman–Crippen LogP) is 8.56. The third-order valence-electron chi connectivity index (χ3n) is 8.11. The highest BCUT2D eigenvalue weighted by Gasteiger charge is 2.52. The molecule has 0 heterocycles. The summed E-state index contributed by atoms with van der Waals surface area (Å²) < 4.78 is 294. The molecule has 0 aliphatic carbocycles. The Balaban J connectivity index is 0.000000544. The van der Waals surface area contributed by atoms with E-state index in [1.165, 1.54) is 5.56 Å². The van der Waals surface area contributed by atoms with Crippen molar-refractivity contribution >= 4 is 50.5 Å². The van der Waals surface area contributed by atoms with Gasteiger partial charge in [0.1, 0.15) is 58.4 Å². The van der Waals surface area contributed by atoms with E-state index in [4.69, 9.17) is 11.6 Å². The smallest absolute Gasteiger partial charge is 0.200 e. The van der Waals surface area contributed by atoms with Crippen LogP contribution in [0.4, 0.5) is 87.8 Å². The molecule has 0 aliphatic rings. The first-order valence-electron chi connectivity index (χ1n) is 14.4. The van der Waals surface area contributed by atoms with E-state index in [2.05, 4.69) is 18.6 Å². The molecule has 300 valence electrons. The molecule has 0 spiro atoms. The first-order chi connectivity index (χ1) is 25.9. The van der Waals surface area contributed by atoms with Crippen molar-refractivity contribution in [1.29, 1.82) is 0 Å². The zero-order chi connectivity index (χ0) is 42.6. The van der Waals surface area contributed by atoms with Crippen LogP contribution in [0, 0.1) is 116 Å². The second-order valence-electron chi connectivity index (χ2n) is 11.5. The van der Waals surface area contributed by atoms with Crippen LogP contribution in [0.25, 0.3) is 0 Å². The SMILES string of the molecule is C[S+](C)Cc1ccccc1Cl.Fc1c(F)c(F)c([B-](c2c(F)c(F)c(F)c(F)c2F)(c2c(F)c(F)c(F)c(F)c2F)c2c(F)c(F)c(F)c(F)c2F)c(F)c1F. The van der Waals surface area contributed by atoms with Crippen molar-refractivity contribution in [3.05, 3.63) is 151 Å². The van der Waals surface area contributed by atoms with Gasteiger partial charge in [-0.3, -0.25) is 0 Å². The van der Waals surface area contributed by atoms with Crippen molar-refractivity contribution in [3.8, 4) is 0 Å². The highest BCUT2D eigenvalue weighted by atomic mass is 35.5. The lowest BCUT2D eigenvalue weighted by molar-refractivity contribution is 0.378. The molecule has 23 heteroatoms. The van der Waals surface area contributed by atoms with Crippen molar-refractivity contribution in [2.45, 2.75) is 5.75 Å². The molecular formula is C33H12BClF20S. The van der Waals surface area contributed by atoms with Crippen molar-refractivity contribution in [2.24, 2.45) is 0 Å². The topological polar surface area (TPSA) is 0 Å². The van der Waals surface area contributed by atoms with Crippen LogP contribution in [0.15, 0.2) is 24.3 Å². The van der Waals surface area contributed by atoms with E-state index in [0.29, 0.717) is 10.9 Å². The summed E-state index contributed by atoms with van der Waals surface area (Å²) in [7, 11) is 0.439. The lowest BCUT2D eigenvalue weighted by atomic mass is 9.12. The van der Waals surface area contributed by atoms with Crippen LogP contribution in [0.1, 0.15) is 5.56 Å². The van der Waals surface area contributed by atoms with Gasteiger partial charge in [-0.15, -0.1) is 21.9 Å². The van der Waals surface area contributed by atoms with Crippen LogP contribution in [0.3, 0.4) is 0 Å². The Bertz CT molecular complexity index is 2020. The lowest BCUT2D eigenvalue weighted by Crippen LogP contribution is -2.81. The van der Waals surface area contributed by atoms with Crippen molar-refractivity contribution in [3.63, 3.8) is 0 Å². The fourth-order valence-electron chi connectivity index (χ4n) is 5.80. The monoisotopic (exact) mass is 866 g/mol. The van der Waals surface area contributed by atoms with Gasteiger partial charge in [0.25, 0.3) is 0 Å². The third-order valence-corrected chi connectivity index (χ3v) is 9.37. The quantitative estimate of drug-likeness (QED) is 0.0528. The summed E-state index contributed by atoms with van der Waals surface area (Å²) in [5, 5.41) is 0.897. The molecule has 0 radical (unpaired) electrons. The Morgan fingerprint density at radius 1 is 0.357 bits per heavy atom. The summed E-state index contributed by atoms with van der Waals surface area (Å²) >= 11 is 5.97. The van der Waals surface area contributed by atoms with Gasteiger partial charge >= 0.3 is 0 Å². The second-order valence-corrected chi connectivity index (χ2v) is 14.2. The van der Waals surface area contributed by atoms with Gasteiger partial charge in [-0.2, -0.15) is 0 Å². The summed E-state index contributed by atoms with van der Waals surface area (Å²) in [6.07, 6.45) is -2.77. The predicted molar refractivity (Wildman–Crippen MR) is 164 cm³/mol. The molecule has 0 saturated carbocycles. The summed E-state index contributed by atoms with van der Waals surface area (Å²) in [5.41, 5.74) is -13.1. The molecule has 56 heavy (non-hydrogen) atoms. The van der Waals surface area contributed by atoms with Gasteiger partial charge in [0.15, 0.2) is 69.8 Å². The van der Waals surface area contributed by atoms with Gasteiger partial charge in [0.2, 0.25) is 0 Å². The van der Waals surface area contributed by atoms with E-state index in [-0.39, 0.29) is 0 Å². The fraction of sp³-hybridized carbons (Fsp3) is 0.0909. The highest BCUT2D eigenvalue weighted by molar-refractivity contribution is 7.94. The number of benzene rings is 5. The van der Waals surface area contributed by atoms with E-state index in [0.717, 1.165) is 10.8 Å². The van der Waals surface area contributed by atoms with Crippen LogP contribution >= 0.6 is 11.6 Å². The Morgan fingerprint density at radius 3 is 0.750 bits per heavy atom. The maximum atomic E-state index is 15.4. The average Bonchev–Trinajstić information content (AvgIpc) is 3.15. The fourth-order valence-corrected chi connectivity index (χ4v) is 6.96. The molecule has 0 unspecified atom stereocenters. The molecule has 5 aromatic carbocycles. The van der Waals surface area contributed by atoms with E-state index >= 15 is 35.1 Å². The molecule has 5 aromatic rings.